The van der Waals surface area contributed by atoms with Crippen molar-refractivity contribution in [3.63, 3.8) is 0 Å². The van der Waals surface area contributed by atoms with Crippen molar-refractivity contribution in [1.29, 1.82) is 0 Å². The van der Waals surface area contributed by atoms with E-state index in [1.54, 1.807) is 0 Å². The molecule has 4 heteroatoms. The molecule has 0 radical (unpaired) electrons. The molecule has 1 fully saturated rings. The third-order valence-electron chi connectivity index (χ3n) is 4.05. The Hall–Kier alpha value is -1.87. The molecule has 0 aliphatic heterocycles. The van der Waals surface area contributed by atoms with Crippen molar-refractivity contribution in [2.45, 2.75) is 18.8 Å². The molecule has 0 amide bonds. The van der Waals surface area contributed by atoms with E-state index in [1.807, 2.05) is 36.4 Å². The molecule has 0 heterocycles. The number of benzene rings is 2. The minimum Gasteiger partial charge on any atom is -0.469 e. The van der Waals surface area contributed by atoms with Gasteiger partial charge in [0, 0.05) is 16.3 Å². The fourth-order valence-electron chi connectivity index (χ4n) is 2.86. The minimum atomic E-state index is -0.466. The Bertz CT molecular complexity index is 723. The number of Topliss-reactive ketones (excluding diaryl/α,β-unsaturated/α-hetero) is 1. The Morgan fingerprint density at radius 1 is 1.19 bits per heavy atom. The highest BCUT2D eigenvalue weighted by Gasteiger charge is 2.44. The van der Waals surface area contributed by atoms with E-state index >= 15 is 0 Å². The summed E-state index contributed by atoms with van der Waals surface area (Å²) in [5.41, 5.74) is 1.14. The van der Waals surface area contributed by atoms with E-state index in [1.165, 1.54) is 7.11 Å². The SMILES string of the molecule is COC(=O)CC(=O)C1CC1c1cccc2c(Cl)cccc12. The molecule has 1 aliphatic rings. The van der Waals surface area contributed by atoms with E-state index in [2.05, 4.69) is 4.74 Å². The maximum Gasteiger partial charge on any atom is 0.313 e. The topological polar surface area (TPSA) is 43.4 Å². The molecule has 1 aliphatic carbocycles. The molecule has 0 N–H and O–H groups in total. The first kappa shape index (κ1) is 14.1. The Kier molecular flexibility index (Phi) is 3.68. The van der Waals surface area contributed by atoms with Crippen LogP contribution in [0, 0.1) is 5.92 Å². The van der Waals surface area contributed by atoms with E-state index in [9.17, 15) is 9.59 Å². The van der Waals surface area contributed by atoms with Crippen LogP contribution in [-0.4, -0.2) is 18.9 Å². The number of methoxy groups -OCH3 is 1. The lowest BCUT2D eigenvalue weighted by atomic mass is 9.99. The molecule has 21 heavy (non-hydrogen) atoms. The van der Waals surface area contributed by atoms with Crippen LogP contribution in [0.2, 0.25) is 5.02 Å². The molecule has 0 saturated heterocycles. The summed E-state index contributed by atoms with van der Waals surface area (Å²) in [5, 5.41) is 2.80. The monoisotopic (exact) mass is 302 g/mol. The summed E-state index contributed by atoms with van der Waals surface area (Å²) >= 11 is 6.21. The van der Waals surface area contributed by atoms with E-state index in [4.69, 9.17) is 11.6 Å². The van der Waals surface area contributed by atoms with Crippen LogP contribution in [0.1, 0.15) is 24.3 Å². The van der Waals surface area contributed by atoms with Gasteiger partial charge < -0.3 is 4.74 Å². The number of hydrogen-bond acceptors (Lipinski definition) is 3. The maximum atomic E-state index is 12.0. The number of ketones is 1. The number of halogens is 1. The first-order chi connectivity index (χ1) is 10.1. The smallest absolute Gasteiger partial charge is 0.313 e. The van der Waals surface area contributed by atoms with Gasteiger partial charge in [-0.1, -0.05) is 41.9 Å². The molecule has 2 unspecified atom stereocenters. The zero-order chi connectivity index (χ0) is 15.0. The lowest BCUT2D eigenvalue weighted by Crippen LogP contribution is -2.11. The zero-order valence-corrected chi connectivity index (χ0v) is 12.4. The Labute approximate surface area is 127 Å². The average molecular weight is 303 g/mol. The third-order valence-corrected chi connectivity index (χ3v) is 4.38. The lowest BCUT2D eigenvalue weighted by molar-refractivity contribution is -0.143. The molecule has 2 aromatic carbocycles. The summed E-state index contributed by atoms with van der Waals surface area (Å²) in [6.07, 6.45) is 0.657. The fraction of sp³-hybridized carbons (Fsp3) is 0.294. The van der Waals surface area contributed by atoms with Gasteiger partial charge in [-0.2, -0.15) is 0 Å². The highest BCUT2D eigenvalue weighted by Crippen LogP contribution is 2.50. The number of carbonyl (C=O) groups is 2. The fourth-order valence-corrected chi connectivity index (χ4v) is 3.10. The summed E-state index contributed by atoms with van der Waals surface area (Å²) in [5.74, 6) is -0.393. The second-order valence-corrected chi connectivity index (χ2v) is 5.76. The van der Waals surface area contributed by atoms with Crippen molar-refractivity contribution in [3.05, 3.63) is 47.0 Å². The molecule has 108 valence electrons. The summed E-state index contributed by atoms with van der Waals surface area (Å²) in [6, 6.07) is 11.8. The molecule has 3 nitrogen and oxygen atoms in total. The van der Waals surface area contributed by atoms with Gasteiger partial charge in [0.05, 0.1) is 7.11 Å². The van der Waals surface area contributed by atoms with E-state index < -0.39 is 5.97 Å². The number of ether oxygens (including phenoxy) is 1. The van der Waals surface area contributed by atoms with Crippen LogP contribution in [0.5, 0.6) is 0 Å². The molecule has 1 saturated carbocycles. The van der Waals surface area contributed by atoms with Gasteiger partial charge in [0.15, 0.2) is 0 Å². The van der Waals surface area contributed by atoms with Gasteiger partial charge in [0.2, 0.25) is 0 Å². The van der Waals surface area contributed by atoms with Crippen LogP contribution < -0.4 is 0 Å². The van der Waals surface area contributed by atoms with Crippen molar-refractivity contribution in [2.24, 2.45) is 5.92 Å². The molecular weight excluding hydrogens is 288 g/mol. The number of carbonyl (C=O) groups excluding carboxylic acids is 2. The van der Waals surface area contributed by atoms with Gasteiger partial charge in [-0.15, -0.1) is 0 Å². The van der Waals surface area contributed by atoms with E-state index in [0.29, 0.717) is 5.02 Å². The third kappa shape index (κ3) is 2.66. The van der Waals surface area contributed by atoms with Crippen LogP contribution in [0.4, 0.5) is 0 Å². The molecule has 0 bridgehead atoms. The number of rotatable bonds is 4. The second kappa shape index (κ2) is 5.49. The maximum absolute atomic E-state index is 12.0. The van der Waals surface area contributed by atoms with Gasteiger partial charge in [-0.25, -0.2) is 0 Å². The van der Waals surface area contributed by atoms with Crippen molar-refractivity contribution in [1.82, 2.24) is 0 Å². The predicted molar refractivity (Wildman–Crippen MR) is 81.4 cm³/mol. The van der Waals surface area contributed by atoms with Crippen molar-refractivity contribution in [2.75, 3.05) is 7.11 Å². The minimum absolute atomic E-state index is 0.0362. The van der Waals surface area contributed by atoms with Gasteiger partial charge in [0.1, 0.15) is 12.2 Å². The largest absolute Gasteiger partial charge is 0.469 e. The summed E-state index contributed by atoms with van der Waals surface area (Å²) < 4.78 is 4.55. The van der Waals surface area contributed by atoms with Crippen LogP contribution in [0.3, 0.4) is 0 Å². The van der Waals surface area contributed by atoms with Gasteiger partial charge in [-0.3, -0.25) is 9.59 Å². The predicted octanol–water partition coefficient (Wildman–Crippen LogP) is 3.73. The normalized spacial score (nSPS) is 20.3. The van der Waals surface area contributed by atoms with Crippen LogP contribution >= 0.6 is 11.6 Å². The van der Waals surface area contributed by atoms with Crippen molar-refractivity contribution >= 4 is 34.1 Å². The number of esters is 1. The molecule has 0 aromatic heterocycles. The van der Waals surface area contributed by atoms with Crippen molar-refractivity contribution in [3.8, 4) is 0 Å². The Morgan fingerprint density at radius 2 is 1.90 bits per heavy atom. The van der Waals surface area contributed by atoms with Crippen LogP contribution in [0.25, 0.3) is 10.8 Å². The second-order valence-electron chi connectivity index (χ2n) is 5.35. The standard InChI is InChI=1S/C17H15ClO3/c1-21-17(20)9-16(19)14-8-13(14)11-4-2-6-12-10(11)5-3-7-15(12)18/h2-7,13-14H,8-9H2,1H3. The molecule has 2 aromatic rings. The first-order valence-electron chi connectivity index (χ1n) is 6.88. The highest BCUT2D eigenvalue weighted by molar-refractivity contribution is 6.35. The average Bonchev–Trinajstić information content (AvgIpc) is 3.27. The summed E-state index contributed by atoms with van der Waals surface area (Å²) in [7, 11) is 1.30. The van der Waals surface area contributed by atoms with E-state index in [0.717, 1.165) is 22.8 Å². The molecule has 0 spiro atoms. The zero-order valence-electron chi connectivity index (χ0n) is 11.6. The summed E-state index contributed by atoms with van der Waals surface area (Å²) in [6.45, 7) is 0. The van der Waals surface area contributed by atoms with Crippen LogP contribution in [0.15, 0.2) is 36.4 Å². The molecular formula is C17H15ClO3. The highest BCUT2D eigenvalue weighted by atomic mass is 35.5. The van der Waals surface area contributed by atoms with Crippen LogP contribution in [-0.2, 0) is 14.3 Å². The molecule has 3 rings (SSSR count). The Morgan fingerprint density at radius 3 is 2.67 bits per heavy atom. The first-order valence-corrected chi connectivity index (χ1v) is 7.26. The lowest BCUT2D eigenvalue weighted by Gasteiger charge is -2.07. The van der Waals surface area contributed by atoms with Crippen molar-refractivity contribution < 1.29 is 14.3 Å². The van der Waals surface area contributed by atoms with E-state index in [-0.39, 0.29) is 24.0 Å². The molecule has 2 atom stereocenters. The van der Waals surface area contributed by atoms with Gasteiger partial charge >= 0.3 is 5.97 Å². The number of hydrogen-bond donors (Lipinski definition) is 0. The summed E-state index contributed by atoms with van der Waals surface area (Å²) in [4.78, 5) is 23.2. The Balaban J connectivity index is 1.85. The van der Waals surface area contributed by atoms with Gasteiger partial charge in [0.25, 0.3) is 0 Å². The quantitative estimate of drug-likeness (QED) is 0.638. The van der Waals surface area contributed by atoms with Gasteiger partial charge in [-0.05, 0) is 29.4 Å². The number of fused-ring (bicyclic) bond motifs is 1.